The van der Waals surface area contributed by atoms with Crippen LogP contribution in [-0.2, 0) is 13.1 Å². The maximum atomic E-state index is 12.1. The number of aromatic nitrogens is 1. The number of piperidine rings is 1. The van der Waals surface area contributed by atoms with Gasteiger partial charge in [0.1, 0.15) is 12.4 Å². The van der Waals surface area contributed by atoms with Crippen molar-refractivity contribution in [1.29, 1.82) is 0 Å². The van der Waals surface area contributed by atoms with E-state index in [9.17, 15) is 4.79 Å². The Balaban J connectivity index is 1.53. The average Bonchev–Trinajstić information content (AvgIpc) is 2.62. The second-order valence-electron chi connectivity index (χ2n) is 7.10. The third kappa shape index (κ3) is 3.27. The molecule has 0 aliphatic carbocycles. The number of rotatable bonds is 5. The fraction of sp³-hybridized carbons (Fsp3) is 0.381. The van der Waals surface area contributed by atoms with Crippen LogP contribution in [0.1, 0.15) is 23.6 Å². The first-order valence-corrected chi connectivity index (χ1v) is 8.98. The van der Waals surface area contributed by atoms with Crippen LogP contribution in [-0.4, -0.2) is 29.2 Å². The van der Waals surface area contributed by atoms with Crippen molar-refractivity contribution in [2.45, 2.75) is 25.4 Å². The van der Waals surface area contributed by atoms with Crippen LogP contribution in [0.3, 0.4) is 0 Å². The molecule has 4 heteroatoms. The van der Waals surface area contributed by atoms with Crippen LogP contribution in [0.5, 0.6) is 5.75 Å². The second-order valence-corrected chi connectivity index (χ2v) is 7.10. The highest BCUT2D eigenvalue weighted by molar-refractivity contribution is 5.33. The van der Waals surface area contributed by atoms with Gasteiger partial charge in [-0.2, -0.15) is 0 Å². The van der Waals surface area contributed by atoms with Crippen molar-refractivity contribution in [1.82, 2.24) is 9.47 Å². The Morgan fingerprint density at radius 1 is 1.12 bits per heavy atom. The van der Waals surface area contributed by atoms with E-state index in [1.54, 1.807) is 12.1 Å². The van der Waals surface area contributed by atoms with Crippen LogP contribution < -0.4 is 10.3 Å². The molecule has 2 bridgehead atoms. The summed E-state index contributed by atoms with van der Waals surface area (Å²) in [7, 11) is 0. The van der Waals surface area contributed by atoms with Gasteiger partial charge in [-0.3, -0.25) is 9.69 Å². The number of fused-ring (bicyclic) bond motifs is 4. The minimum Gasteiger partial charge on any atom is -0.489 e. The molecule has 1 saturated heterocycles. The third-order valence-corrected chi connectivity index (χ3v) is 5.28. The van der Waals surface area contributed by atoms with Crippen molar-refractivity contribution in [3.05, 3.63) is 76.7 Å². The summed E-state index contributed by atoms with van der Waals surface area (Å²) < 4.78 is 7.79. The molecule has 2 aromatic rings. The van der Waals surface area contributed by atoms with Crippen LogP contribution in [0.4, 0.5) is 0 Å². The molecule has 2 atom stereocenters. The summed E-state index contributed by atoms with van der Waals surface area (Å²) in [5.74, 6) is 1.94. The van der Waals surface area contributed by atoms with Crippen LogP contribution in [0.2, 0.25) is 0 Å². The predicted octanol–water partition coefficient (Wildman–Crippen LogP) is 3.03. The molecule has 0 unspecified atom stereocenters. The van der Waals surface area contributed by atoms with E-state index in [1.165, 1.54) is 17.7 Å². The summed E-state index contributed by atoms with van der Waals surface area (Å²) >= 11 is 0. The van der Waals surface area contributed by atoms with Crippen LogP contribution >= 0.6 is 0 Å². The fourth-order valence-electron chi connectivity index (χ4n) is 4.29. The Hall–Kier alpha value is -2.33. The average molecular weight is 336 g/mol. The van der Waals surface area contributed by atoms with Crippen molar-refractivity contribution in [2.24, 2.45) is 5.92 Å². The monoisotopic (exact) mass is 336 g/mol. The summed E-state index contributed by atoms with van der Waals surface area (Å²) in [5.41, 5.74) is 2.56. The predicted molar refractivity (Wildman–Crippen MR) is 99.0 cm³/mol. The summed E-state index contributed by atoms with van der Waals surface area (Å²) in [6, 6.07) is 13.9. The van der Waals surface area contributed by atoms with E-state index in [0.717, 1.165) is 31.9 Å². The van der Waals surface area contributed by atoms with E-state index in [0.29, 0.717) is 18.4 Å². The Kier molecular flexibility index (Phi) is 4.45. The lowest BCUT2D eigenvalue weighted by Gasteiger charge is -2.42. The first-order valence-electron chi connectivity index (χ1n) is 8.98. The topological polar surface area (TPSA) is 34.5 Å². The normalized spacial score (nSPS) is 22.2. The van der Waals surface area contributed by atoms with Crippen LogP contribution in [0.25, 0.3) is 0 Å². The van der Waals surface area contributed by atoms with Gasteiger partial charge < -0.3 is 9.30 Å². The molecule has 1 aromatic heterocycles. The van der Waals surface area contributed by atoms with Crippen LogP contribution in [0.15, 0.2) is 59.9 Å². The number of para-hydroxylation sites is 1. The maximum Gasteiger partial charge on any atom is 0.250 e. The van der Waals surface area contributed by atoms with Crippen LogP contribution in [0, 0.1) is 5.92 Å². The first-order chi connectivity index (χ1) is 12.2. The van der Waals surface area contributed by atoms with Gasteiger partial charge in [0.05, 0.1) is 0 Å². The molecule has 25 heavy (non-hydrogen) atoms. The smallest absolute Gasteiger partial charge is 0.250 e. The third-order valence-electron chi connectivity index (χ3n) is 5.28. The molecular formula is C21H24N2O2. The lowest BCUT2D eigenvalue weighted by Crippen LogP contribution is -2.46. The largest absolute Gasteiger partial charge is 0.489 e. The molecule has 3 heterocycles. The second kappa shape index (κ2) is 6.89. The zero-order chi connectivity index (χ0) is 17.2. The van der Waals surface area contributed by atoms with E-state index < -0.39 is 0 Å². The Bertz CT molecular complexity index is 827. The summed E-state index contributed by atoms with van der Waals surface area (Å²) in [4.78, 5) is 14.6. The van der Waals surface area contributed by atoms with Gasteiger partial charge in [0.15, 0.2) is 0 Å². The molecule has 0 spiro atoms. The highest BCUT2D eigenvalue weighted by Crippen LogP contribution is 2.36. The van der Waals surface area contributed by atoms with Crippen molar-refractivity contribution in [3.63, 3.8) is 0 Å². The molecular weight excluding hydrogens is 312 g/mol. The molecule has 1 aromatic carbocycles. The van der Waals surface area contributed by atoms with Gasteiger partial charge in [0, 0.05) is 49.4 Å². The number of benzene rings is 1. The molecule has 4 rings (SSSR count). The highest BCUT2D eigenvalue weighted by atomic mass is 16.5. The molecule has 4 nitrogen and oxygen atoms in total. The SMILES string of the molecule is C=CCOc1ccccc1CN1C[C@@H]2C[C@H](C1)c1cccc(=O)n1C2. The lowest BCUT2D eigenvalue weighted by molar-refractivity contribution is 0.113. The molecule has 2 aliphatic heterocycles. The molecule has 0 amide bonds. The van der Waals surface area contributed by atoms with Crippen molar-refractivity contribution >= 4 is 0 Å². The molecule has 0 N–H and O–H groups in total. The van der Waals surface area contributed by atoms with Gasteiger partial charge >= 0.3 is 0 Å². The lowest BCUT2D eigenvalue weighted by atomic mass is 9.83. The number of hydrogen-bond acceptors (Lipinski definition) is 3. The molecule has 1 fully saturated rings. The van der Waals surface area contributed by atoms with Gasteiger partial charge in [-0.1, -0.05) is 36.9 Å². The van der Waals surface area contributed by atoms with Gasteiger partial charge in [-0.15, -0.1) is 0 Å². The minimum absolute atomic E-state index is 0.142. The zero-order valence-electron chi connectivity index (χ0n) is 14.4. The number of ether oxygens (including phenoxy) is 1. The maximum absolute atomic E-state index is 12.1. The van der Waals surface area contributed by atoms with E-state index in [4.69, 9.17) is 4.74 Å². The summed E-state index contributed by atoms with van der Waals surface area (Å²) in [6.07, 6.45) is 2.96. The Morgan fingerprint density at radius 3 is 2.88 bits per heavy atom. The van der Waals surface area contributed by atoms with Gasteiger partial charge in [0.25, 0.3) is 5.56 Å². The van der Waals surface area contributed by atoms with E-state index >= 15 is 0 Å². The first kappa shape index (κ1) is 16.2. The number of hydrogen-bond donors (Lipinski definition) is 0. The number of likely N-dealkylation sites (tertiary alicyclic amines) is 1. The summed E-state index contributed by atoms with van der Waals surface area (Å²) in [6.45, 7) is 8.01. The van der Waals surface area contributed by atoms with Gasteiger partial charge in [-0.25, -0.2) is 0 Å². The van der Waals surface area contributed by atoms with E-state index in [2.05, 4.69) is 29.7 Å². The number of nitrogens with zero attached hydrogens (tertiary/aromatic N) is 2. The van der Waals surface area contributed by atoms with Gasteiger partial charge in [-0.05, 0) is 24.5 Å². The van der Waals surface area contributed by atoms with E-state index in [-0.39, 0.29) is 5.56 Å². The molecule has 0 radical (unpaired) electrons. The van der Waals surface area contributed by atoms with Gasteiger partial charge in [0.2, 0.25) is 0 Å². The number of pyridine rings is 1. The fourth-order valence-corrected chi connectivity index (χ4v) is 4.29. The summed E-state index contributed by atoms with van der Waals surface area (Å²) in [5, 5.41) is 0. The Morgan fingerprint density at radius 2 is 2.00 bits per heavy atom. The standard InChI is InChI=1S/C21H24N2O2/c1-2-10-25-20-8-4-3-6-17(20)14-22-12-16-11-18(15-22)19-7-5-9-21(24)23(19)13-16/h2-9,16,18H,1,10-15H2/t16-,18+/m0/s1. The Labute approximate surface area is 148 Å². The zero-order valence-corrected chi connectivity index (χ0v) is 14.4. The quantitative estimate of drug-likeness (QED) is 0.787. The van der Waals surface area contributed by atoms with Crippen molar-refractivity contribution in [2.75, 3.05) is 19.7 Å². The molecule has 130 valence electrons. The van der Waals surface area contributed by atoms with E-state index in [1.807, 2.05) is 22.8 Å². The van der Waals surface area contributed by atoms with Crippen molar-refractivity contribution in [3.8, 4) is 5.75 Å². The van der Waals surface area contributed by atoms with Crippen molar-refractivity contribution < 1.29 is 4.74 Å². The molecule has 2 aliphatic rings. The minimum atomic E-state index is 0.142. The highest BCUT2D eigenvalue weighted by Gasteiger charge is 2.34. The molecule has 0 saturated carbocycles.